The van der Waals surface area contributed by atoms with E-state index in [0.29, 0.717) is 48.9 Å². The Balaban J connectivity index is 1.28. The summed E-state index contributed by atoms with van der Waals surface area (Å²) in [5.74, 6) is 0.818. The first kappa shape index (κ1) is 19.0. The molecule has 1 aliphatic heterocycles. The number of pyridine rings is 1. The molecule has 1 N–H and O–H groups in total. The fourth-order valence-corrected chi connectivity index (χ4v) is 3.56. The van der Waals surface area contributed by atoms with Gasteiger partial charge in [-0.2, -0.15) is 0 Å². The Labute approximate surface area is 171 Å². The number of carbonyl (C=O) groups is 2. The lowest BCUT2D eigenvalue weighted by Crippen LogP contribution is -2.41. The second kappa shape index (κ2) is 8.78. The van der Waals surface area contributed by atoms with Crippen LogP contribution in [0.15, 0.2) is 54.0 Å². The molecule has 0 saturated carbocycles. The first-order chi connectivity index (χ1) is 14.2. The molecule has 0 bridgehead atoms. The van der Waals surface area contributed by atoms with Gasteiger partial charge in [0.2, 0.25) is 11.8 Å². The number of anilines is 1. The molecule has 0 radical (unpaired) electrons. The molecule has 29 heavy (non-hydrogen) atoms. The zero-order valence-electron chi connectivity index (χ0n) is 15.5. The van der Waals surface area contributed by atoms with Gasteiger partial charge in [-0.15, -0.1) is 5.10 Å². The summed E-state index contributed by atoms with van der Waals surface area (Å²) >= 11 is 1.15. The number of rotatable bonds is 5. The molecule has 3 heterocycles. The van der Waals surface area contributed by atoms with E-state index in [4.69, 9.17) is 4.74 Å². The van der Waals surface area contributed by atoms with E-state index < -0.39 is 0 Å². The minimum absolute atomic E-state index is 0.0639. The van der Waals surface area contributed by atoms with Crippen LogP contribution in [-0.2, 0) is 4.79 Å². The maximum atomic E-state index is 12.6. The minimum atomic E-state index is -0.146. The molecular formula is C20H19N5O3S. The Morgan fingerprint density at radius 3 is 2.55 bits per heavy atom. The Morgan fingerprint density at radius 2 is 1.90 bits per heavy atom. The van der Waals surface area contributed by atoms with Crippen molar-refractivity contribution >= 4 is 29.0 Å². The predicted molar refractivity (Wildman–Crippen MR) is 108 cm³/mol. The fraction of sp³-hybridized carbons (Fsp3) is 0.250. The Morgan fingerprint density at radius 1 is 1.10 bits per heavy atom. The molecule has 1 saturated heterocycles. The van der Waals surface area contributed by atoms with Crippen LogP contribution in [0.2, 0.25) is 0 Å². The quantitative estimate of drug-likeness (QED) is 0.695. The molecule has 148 valence electrons. The van der Waals surface area contributed by atoms with Gasteiger partial charge in [-0.05, 0) is 42.6 Å². The van der Waals surface area contributed by atoms with E-state index in [1.165, 1.54) is 0 Å². The number of nitrogens with zero attached hydrogens (tertiary/aromatic N) is 4. The molecule has 0 spiro atoms. The highest BCUT2D eigenvalue weighted by Gasteiger charge is 2.28. The van der Waals surface area contributed by atoms with E-state index in [-0.39, 0.29) is 17.7 Å². The molecule has 1 aromatic carbocycles. The van der Waals surface area contributed by atoms with Crippen LogP contribution in [-0.4, -0.2) is 44.4 Å². The zero-order valence-corrected chi connectivity index (χ0v) is 16.3. The number of carbonyl (C=O) groups excluding carboxylic acids is 2. The molecule has 1 aliphatic rings. The molecule has 3 aromatic rings. The smallest absolute Gasteiger partial charge is 0.275 e. The van der Waals surface area contributed by atoms with Crippen LogP contribution >= 0.6 is 11.5 Å². The lowest BCUT2D eigenvalue weighted by molar-refractivity contribution is -0.121. The van der Waals surface area contributed by atoms with Crippen LogP contribution < -0.4 is 10.1 Å². The van der Waals surface area contributed by atoms with Crippen molar-refractivity contribution < 1.29 is 14.3 Å². The number of hydrogen-bond acceptors (Lipinski definition) is 7. The van der Waals surface area contributed by atoms with Gasteiger partial charge >= 0.3 is 0 Å². The van der Waals surface area contributed by atoms with Gasteiger partial charge in [0.15, 0.2) is 5.69 Å². The lowest BCUT2D eigenvalue weighted by atomic mass is 9.95. The maximum Gasteiger partial charge on any atom is 0.275 e. The molecule has 9 heteroatoms. The average molecular weight is 409 g/mol. The Bertz CT molecular complexity index is 956. The summed E-state index contributed by atoms with van der Waals surface area (Å²) in [6.07, 6.45) is 2.79. The largest absolute Gasteiger partial charge is 0.439 e. The molecule has 8 nitrogen and oxygen atoms in total. The van der Waals surface area contributed by atoms with Gasteiger partial charge in [0.25, 0.3) is 5.91 Å². The van der Waals surface area contributed by atoms with Gasteiger partial charge in [-0.1, -0.05) is 22.7 Å². The van der Waals surface area contributed by atoms with E-state index in [2.05, 4.69) is 19.9 Å². The van der Waals surface area contributed by atoms with Crippen molar-refractivity contribution in [1.82, 2.24) is 19.5 Å². The number of hydrogen-bond donors (Lipinski definition) is 1. The first-order valence-electron chi connectivity index (χ1n) is 9.25. The summed E-state index contributed by atoms with van der Waals surface area (Å²) < 4.78 is 9.37. The SMILES string of the molecule is O=C(Nc1ccc(Oc2ccccc2)nc1)C1CCN(C(=O)c2csnn2)CC1. The molecule has 0 atom stereocenters. The van der Waals surface area contributed by atoms with Crippen LogP contribution in [0.5, 0.6) is 11.6 Å². The van der Waals surface area contributed by atoms with Crippen molar-refractivity contribution in [3.8, 4) is 11.6 Å². The van der Waals surface area contributed by atoms with Crippen LogP contribution in [0, 0.1) is 5.92 Å². The topological polar surface area (TPSA) is 97.3 Å². The first-order valence-corrected chi connectivity index (χ1v) is 10.1. The lowest BCUT2D eigenvalue weighted by Gasteiger charge is -2.30. The second-order valence-electron chi connectivity index (χ2n) is 6.65. The standard InChI is InChI=1S/C20H19N5O3S/c26-19(14-8-10-25(11-9-14)20(27)17-13-29-24-23-17)22-15-6-7-18(21-12-15)28-16-4-2-1-3-5-16/h1-7,12-14H,8-11H2,(H,22,26). The number of para-hydroxylation sites is 1. The predicted octanol–water partition coefficient (Wildman–Crippen LogP) is 3.22. The highest BCUT2D eigenvalue weighted by molar-refractivity contribution is 7.03. The minimum Gasteiger partial charge on any atom is -0.439 e. The van der Waals surface area contributed by atoms with Crippen LogP contribution in [0.3, 0.4) is 0 Å². The van der Waals surface area contributed by atoms with E-state index in [1.54, 1.807) is 28.6 Å². The molecule has 0 aliphatic carbocycles. The van der Waals surface area contributed by atoms with Gasteiger partial charge in [0.1, 0.15) is 5.75 Å². The monoisotopic (exact) mass is 409 g/mol. The van der Waals surface area contributed by atoms with Gasteiger partial charge < -0.3 is 15.0 Å². The van der Waals surface area contributed by atoms with E-state index in [1.807, 2.05) is 30.3 Å². The average Bonchev–Trinajstić information content (AvgIpc) is 3.30. The molecule has 1 fully saturated rings. The van der Waals surface area contributed by atoms with Crippen LogP contribution in [0.4, 0.5) is 5.69 Å². The molecule has 0 unspecified atom stereocenters. The van der Waals surface area contributed by atoms with Crippen molar-refractivity contribution in [2.45, 2.75) is 12.8 Å². The number of nitrogens with one attached hydrogen (secondary N) is 1. The highest BCUT2D eigenvalue weighted by Crippen LogP contribution is 2.23. The van der Waals surface area contributed by atoms with Crippen molar-refractivity contribution in [1.29, 1.82) is 0 Å². The van der Waals surface area contributed by atoms with Crippen LogP contribution in [0.25, 0.3) is 0 Å². The molecule has 2 aromatic heterocycles. The summed E-state index contributed by atoms with van der Waals surface area (Å²) in [6, 6.07) is 12.9. The summed E-state index contributed by atoms with van der Waals surface area (Å²) in [7, 11) is 0. The number of ether oxygens (including phenoxy) is 1. The highest BCUT2D eigenvalue weighted by atomic mass is 32.1. The van der Waals surface area contributed by atoms with Gasteiger partial charge in [0.05, 0.1) is 11.9 Å². The van der Waals surface area contributed by atoms with Gasteiger partial charge in [-0.25, -0.2) is 4.98 Å². The number of aromatic nitrogens is 3. The van der Waals surface area contributed by atoms with Gasteiger partial charge in [0, 0.05) is 30.5 Å². The summed E-state index contributed by atoms with van der Waals surface area (Å²) in [5.41, 5.74) is 0.976. The fourth-order valence-electron chi connectivity index (χ4n) is 3.13. The van der Waals surface area contributed by atoms with Crippen molar-refractivity contribution in [3.05, 3.63) is 59.7 Å². The Kier molecular flexibility index (Phi) is 5.76. The van der Waals surface area contributed by atoms with E-state index in [9.17, 15) is 9.59 Å². The third-order valence-corrected chi connectivity index (χ3v) is 5.21. The van der Waals surface area contributed by atoms with E-state index in [0.717, 1.165) is 11.5 Å². The number of benzene rings is 1. The molecular weight excluding hydrogens is 390 g/mol. The summed E-state index contributed by atoms with van der Waals surface area (Å²) in [4.78, 5) is 30.8. The zero-order chi connectivity index (χ0) is 20.1. The Hall–Kier alpha value is -3.33. The molecule has 4 rings (SSSR count). The number of amides is 2. The van der Waals surface area contributed by atoms with Gasteiger partial charge in [-0.3, -0.25) is 9.59 Å². The number of piperidine rings is 1. The number of likely N-dealkylation sites (tertiary alicyclic amines) is 1. The normalized spacial score (nSPS) is 14.4. The summed E-state index contributed by atoms with van der Waals surface area (Å²) in [5, 5.41) is 8.35. The third-order valence-electron chi connectivity index (χ3n) is 4.70. The second-order valence-corrected chi connectivity index (χ2v) is 7.26. The van der Waals surface area contributed by atoms with Crippen molar-refractivity contribution in [2.75, 3.05) is 18.4 Å². The summed E-state index contributed by atoms with van der Waals surface area (Å²) in [6.45, 7) is 1.05. The van der Waals surface area contributed by atoms with E-state index >= 15 is 0 Å². The van der Waals surface area contributed by atoms with Crippen molar-refractivity contribution in [2.24, 2.45) is 5.92 Å². The van der Waals surface area contributed by atoms with Crippen LogP contribution in [0.1, 0.15) is 23.3 Å². The third kappa shape index (κ3) is 4.75. The maximum absolute atomic E-state index is 12.6. The molecule has 2 amide bonds. The van der Waals surface area contributed by atoms with Crippen molar-refractivity contribution in [3.63, 3.8) is 0 Å².